The Hall–Kier alpha value is -1.73. The third kappa shape index (κ3) is 2.59. The lowest BCUT2D eigenvalue weighted by atomic mass is 10.1. The zero-order valence-electron chi connectivity index (χ0n) is 11.8. The topological polar surface area (TPSA) is 74.1 Å². The number of hydrogen-bond donors (Lipinski definition) is 1. The van der Waals surface area contributed by atoms with E-state index in [1.165, 1.54) is 0 Å². The highest BCUT2D eigenvalue weighted by Gasteiger charge is 2.16. The summed E-state index contributed by atoms with van der Waals surface area (Å²) in [5, 5.41) is 8.20. The summed E-state index contributed by atoms with van der Waals surface area (Å²) in [6.45, 7) is 2.74. The van der Waals surface area contributed by atoms with Crippen LogP contribution in [-0.2, 0) is 23.1 Å². The molecule has 1 fully saturated rings. The van der Waals surface area contributed by atoms with Gasteiger partial charge in [-0.2, -0.15) is 5.10 Å². The van der Waals surface area contributed by atoms with Gasteiger partial charge in [0.1, 0.15) is 12.4 Å². The largest absolute Gasteiger partial charge is 0.381 e. The van der Waals surface area contributed by atoms with E-state index < -0.39 is 0 Å². The normalized spacial score (nSPS) is 18.8. The van der Waals surface area contributed by atoms with Crippen LogP contribution in [0.2, 0.25) is 0 Å². The Morgan fingerprint density at radius 2 is 2.40 bits per heavy atom. The molecular weight excluding hydrogens is 258 g/mol. The Bertz CT molecular complexity index is 592. The molecule has 0 amide bonds. The minimum absolute atomic E-state index is 0.409. The Morgan fingerprint density at radius 1 is 1.50 bits per heavy atom. The Labute approximate surface area is 117 Å². The van der Waals surface area contributed by atoms with Crippen LogP contribution >= 0.6 is 0 Å². The van der Waals surface area contributed by atoms with E-state index in [9.17, 15) is 0 Å². The Balaban J connectivity index is 1.72. The van der Waals surface area contributed by atoms with Crippen molar-refractivity contribution in [1.29, 1.82) is 0 Å². The second kappa shape index (κ2) is 5.72. The summed E-state index contributed by atoms with van der Waals surface area (Å²) in [4.78, 5) is 8.97. The van der Waals surface area contributed by atoms with Gasteiger partial charge in [0.2, 0.25) is 0 Å². The average Bonchev–Trinajstić information content (AvgIpc) is 3.09. The van der Waals surface area contributed by atoms with E-state index in [-0.39, 0.29) is 0 Å². The molecule has 7 nitrogen and oxygen atoms in total. The SMILES string of the molecule is CNc1nc(COCC2CCOC2)nc2c1cnn2C. The van der Waals surface area contributed by atoms with Gasteiger partial charge < -0.3 is 14.8 Å². The first-order valence-corrected chi connectivity index (χ1v) is 6.80. The van der Waals surface area contributed by atoms with E-state index >= 15 is 0 Å². The molecule has 1 unspecified atom stereocenters. The standard InChI is InChI=1S/C13H19N5O2/c1-14-12-10-5-15-18(2)13(10)17-11(16-12)8-20-7-9-3-4-19-6-9/h5,9H,3-4,6-8H2,1-2H3,(H,14,16,17). The molecule has 1 aliphatic heterocycles. The number of aromatic nitrogens is 4. The summed E-state index contributed by atoms with van der Waals surface area (Å²) in [5.41, 5.74) is 0.812. The molecule has 1 saturated heterocycles. The van der Waals surface area contributed by atoms with E-state index in [4.69, 9.17) is 9.47 Å². The van der Waals surface area contributed by atoms with Gasteiger partial charge in [-0.15, -0.1) is 0 Å². The van der Waals surface area contributed by atoms with Crippen molar-refractivity contribution < 1.29 is 9.47 Å². The lowest BCUT2D eigenvalue weighted by Gasteiger charge is -2.09. The summed E-state index contributed by atoms with van der Waals surface area (Å²) in [6.07, 6.45) is 2.84. The number of nitrogens with one attached hydrogen (secondary N) is 1. The van der Waals surface area contributed by atoms with Crippen molar-refractivity contribution >= 4 is 16.9 Å². The van der Waals surface area contributed by atoms with Crippen LogP contribution in [0.25, 0.3) is 11.0 Å². The van der Waals surface area contributed by atoms with Gasteiger partial charge in [0.05, 0.1) is 24.8 Å². The van der Waals surface area contributed by atoms with E-state index in [2.05, 4.69) is 20.4 Å². The van der Waals surface area contributed by atoms with Crippen LogP contribution in [0.3, 0.4) is 0 Å². The van der Waals surface area contributed by atoms with Crippen molar-refractivity contribution in [3.8, 4) is 0 Å². The molecular formula is C13H19N5O2. The number of hydrogen-bond acceptors (Lipinski definition) is 6. The third-order valence-electron chi connectivity index (χ3n) is 3.48. The fourth-order valence-electron chi connectivity index (χ4n) is 2.35. The molecule has 1 aliphatic rings. The second-order valence-corrected chi connectivity index (χ2v) is 4.99. The van der Waals surface area contributed by atoms with Gasteiger partial charge in [-0.25, -0.2) is 9.97 Å². The summed E-state index contributed by atoms with van der Waals surface area (Å²) in [7, 11) is 3.71. The Morgan fingerprint density at radius 3 is 3.15 bits per heavy atom. The van der Waals surface area contributed by atoms with Crippen LogP contribution in [0.4, 0.5) is 5.82 Å². The molecule has 20 heavy (non-hydrogen) atoms. The predicted molar refractivity (Wildman–Crippen MR) is 74.4 cm³/mol. The number of aryl methyl sites for hydroxylation is 1. The molecule has 0 bridgehead atoms. The first-order chi connectivity index (χ1) is 9.78. The van der Waals surface area contributed by atoms with Crippen molar-refractivity contribution in [3.05, 3.63) is 12.0 Å². The number of ether oxygens (including phenoxy) is 2. The molecule has 0 aliphatic carbocycles. The zero-order chi connectivity index (χ0) is 13.9. The maximum Gasteiger partial charge on any atom is 0.163 e. The fraction of sp³-hybridized carbons (Fsp3) is 0.615. The third-order valence-corrected chi connectivity index (χ3v) is 3.48. The monoisotopic (exact) mass is 277 g/mol. The molecule has 2 aromatic heterocycles. The average molecular weight is 277 g/mol. The van der Waals surface area contributed by atoms with E-state index in [0.29, 0.717) is 25.0 Å². The van der Waals surface area contributed by atoms with Crippen molar-refractivity contribution in [3.63, 3.8) is 0 Å². The van der Waals surface area contributed by atoms with Crippen LogP contribution in [0.5, 0.6) is 0 Å². The number of rotatable bonds is 5. The molecule has 0 spiro atoms. The van der Waals surface area contributed by atoms with Crippen LogP contribution < -0.4 is 5.32 Å². The van der Waals surface area contributed by atoms with Crippen LogP contribution in [0, 0.1) is 5.92 Å². The highest BCUT2D eigenvalue weighted by atomic mass is 16.5. The van der Waals surface area contributed by atoms with Gasteiger partial charge in [-0.1, -0.05) is 0 Å². The van der Waals surface area contributed by atoms with Gasteiger partial charge in [0, 0.05) is 26.6 Å². The summed E-state index contributed by atoms with van der Waals surface area (Å²) in [5.74, 6) is 1.95. The summed E-state index contributed by atoms with van der Waals surface area (Å²) in [6, 6.07) is 0. The molecule has 0 saturated carbocycles. The first kappa shape index (κ1) is 13.3. The fourth-order valence-corrected chi connectivity index (χ4v) is 2.35. The lowest BCUT2D eigenvalue weighted by Crippen LogP contribution is -2.11. The van der Waals surface area contributed by atoms with Crippen LogP contribution in [-0.4, -0.2) is 46.6 Å². The molecule has 0 aromatic carbocycles. The van der Waals surface area contributed by atoms with E-state index in [1.54, 1.807) is 10.9 Å². The molecule has 2 aromatic rings. The van der Waals surface area contributed by atoms with E-state index in [1.807, 2.05) is 14.1 Å². The molecule has 1 N–H and O–H groups in total. The van der Waals surface area contributed by atoms with Gasteiger partial charge in [-0.3, -0.25) is 4.68 Å². The minimum Gasteiger partial charge on any atom is -0.381 e. The molecule has 0 radical (unpaired) electrons. The van der Waals surface area contributed by atoms with Crippen molar-refractivity contribution in [2.45, 2.75) is 13.0 Å². The predicted octanol–water partition coefficient (Wildman–Crippen LogP) is 0.958. The first-order valence-electron chi connectivity index (χ1n) is 6.80. The van der Waals surface area contributed by atoms with Gasteiger partial charge in [0.25, 0.3) is 0 Å². The van der Waals surface area contributed by atoms with Gasteiger partial charge >= 0.3 is 0 Å². The maximum absolute atomic E-state index is 5.71. The lowest BCUT2D eigenvalue weighted by molar-refractivity contribution is 0.0755. The smallest absolute Gasteiger partial charge is 0.163 e. The van der Waals surface area contributed by atoms with Gasteiger partial charge in [0.15, 0.2) is 11.5 Å². The van der Waals surface area contributed by atoms with Crippen molar-refractivity contribution in [1.82, 2.24) is 19.7 Å². The summed E-state index contributed by atoms with van der Waals surface area (Å²) >= 11 is 0. The number of nitrogens with zero attached hydrogens (tertiary/aromatic N) is 4. The molecule has 3 rings (SSSR count). The quantitative estimate of drug-likeness (QED) is 0.877. The van der Waals surface area contributed by atoms with Crippen LogP contribution in [0.1, 0.15) is 12.2 Å². The molecule has 1 atom stereocenters. The van der Waals surface area contributed by atoms with Gasteiger partial charge in [-0.05, 0) is 6.42 Å². The summed E-state index contributed by atoms with van der Waals surface area (Å²) < 4.78 is 12.8. The number of fused-ring (bicyclic) bond motifs is 1. The minimum atomic E-state index is 0.409. The molecule has 108 valence electrons. The van der Waals surface area contributed by atoms with Crippen molar-refractivity contribution in [2.24, 2.45) is 13.0 Å². The highest BCUT2D eigenvalue weighted by Crippen LogP contribution is 2.19. The Kier molecular flexibility index (Phi) is 3.79. The van der Waals surface area contributed by atoms with E-state index in [0.717, 1.165) is 36.5 Å². The highest BCUT2D eigenvalue weighted by molar-refractivity contribution is 5.86. The number of anilines is 1. The van der Waals surface area contributed by atoms with Crippen LogP contribution in [0.15, 0.2) is 6.20 Å². The molecule has 3 heterocycles. The zero-order valence-corrected chi connectivity index (χ0v) is 11.8. The second-order valence-electron chi connectivity index (χ2n) is 4.99. The molecule has 7 heteroatoms. The van der Waals surface area contributed by atoms with Crippen molar-refractivity contribution in [2.75, 3.05) is 32.2 Å². The maximum atomic E-state index is 5.71.